The zero-order chi connectivity index (χ0) is 21.4. The van der Waals surface area contributed by atoms with Gasteiger partial charge in [0.15, 0.2) is 5.03 Å². The van der Waals surface area contributed by atoms with Crippen LogP contribution in [0.3, 0.4) is 0 Å². The number of nitrogens with zero attached hydrogens (tertiary/aromatic N) is 6. The maximum absolute atomic E-state index is 13.4. The minimum absolute atomic E-state index is 0.0793. The second-order valence-corrected chi connectivity index (χ2v) is 9.87. The van der Waals surface area contributed by atoms with Crippen molar-refractivity contribution in [2.75, 3.05) is 13.1 Å². The number of fused-ring (bicyclic) bond motifs is 2. The van der Waals surface area contributed by atoms with E-state index in [0.29, 0.717) is 25.8 Å². The molecule has 2 aromatic heterocycles. The Bertz CT molecular complexity index is 1040. The topological polar surface area (TPSA) is 68.8 Å². The fourth-order valence-corrected chi connectivity index (χ4v) is 6.02. The third-order valence-corrected chi connectivity index (χ3v) is 7.61. The smallest absolute Gasteiger partial charge is 0.153 e. The fourth-order valence-electron chi connectivity index (χ4n) is 5.03. The number of aldehydes is 1. The molecule has 2 unspecified atom stereocenters. The molecule has 3 heterocycles. The van der Waals surface area contributed by atoms with Crippen molar-refractivity contribution < 1.29 is 9.18 Å². The lowest BCUT2D eigenvalue weighted by atomic mass is 9.64. The third-order valence-electron chi connectivity index (χ3n) is 6.67. The van der Waals surface area contributed by atoms with Crippen molar-refractivity contribution in [2.45, 2.75) is 57.0 Å². The van der Waals surface area contributed by atoms with E-state index in [-0.39, 0.29) is 11.7 Å². The van der Waals surface area contributed by atoms with Crippen molar-refractivity contribution in [3.8, 4) is 0 Å². The summed E-state index contributed by atoms with van der Waals surface area (Å²) in [5.41, 5.74) is 2.95. The Morgan fingerprint density at radius 1 is 1.29 bits per heavy atom. The van der Waals surface area contributed by atoms with Gasteiger partial charge in [0.05, 0.1) is 18.9 Å². The van der Waals surface area contributed by atoms with E-state index in [0.717, 1.165) is 48.6 Å². The van der Waals surface area contributed by atoms with Crippen LogP contribution in [0, 0.1) is 11.3 Å². The Balaban J connectivity index is 1.35. The molecule has 31 heavy (non-hydrogen) atoms. The van der Waals surface area contributed by atoms with Gasteiger partial charge in [0.1, 0.15) is 12.1 Å². The number of hydrogen-bond donors (Lipinski definition) is 0. The number of hydrogen-bond acceptors (Lipinski definition) is 6. The molecule has 2 atom stereocenters. The maximum Gasteiger partial charge on any atom is 0.153 e. The van der Waals surface area contributed by atoms with Crippen molar-refractivity contribution in [3.05, 3.63) is 41.6 Å². The van der Waals surface area contributed by atoms with Gasteiger partial charge in [-0.15, -0.1) is 5.10 Å². The van der Waals surface area contributed by atoms with E-state index in [9.17, 15) is 9.18 Å². The quantitative estimate of drug-likeness (QED) is 0.502. The predicted molar refractivity (Wildman–Crippen MR) is 117 cm³/mol. The fraction of sp³-hybridized carbons (Fsp3) is 0.545. The normalized spacial score (nSPS) is 26.1. The van der Waals surface area contributed by atoms with Gasteiger partial charge in [0.2, 0.25) is 0 Å². The van der Waals surface area contributed by atoms with Gasteiger partial charge >= 0.3 is 0 Å². The molecule has 0 spiro atoms. The number of allylic oxidation sites excluding steroid dienone is 4. The van der Waals surface area contributed by atoms with Gasteiger partial charge in [0, 0.05) is 36.3 Å². The molecule has 0 saturated carbocycles. The summed E-state index contributed by atoms with van der Waals surface area (Å²) in [6.45, 7) is 4.53. The summed E-state index contributed by atoms with van der Waals surface area (Å²) < 4.78 is 17.7. The van der Waals surface area contributed by atoms with E-state index in [4.69, 9.17) is 0 Å². The van der Waals surface area contributed by atoms with Gasteiger partial charge in [0.25, 0.3) is 0 Å². The maximum atomic E-state index is 13.4. The number of aromatic nitrogens is 5. The number of carbonyl (C=O) groups excluding carboxylic acids is 1. The predicted octanol–water partition coefficient (Wildman–Crippen LogP) is 3.69. The van der Waals surface area contributed by atoms with Gasteiger partial charge in [-0.05, 0) is 67.7 Å². The SMILES string of the molecule is CCCn1ncc(SN2CCC3Cc4c(cnn4C4=CC=C(F)CC4)CC3(C=O)C2)n1. The average Bonchev–Trinajstić information content (AvgIpc) is 3.39. The van der Waals surface area contributed by atoms with Crippen LogP contribution >= 0.6 is 11.9 Å². The van der Waals surface area contributed by atoms with E-state index >= 15 is 0 Å². The Labute approximate surface area is 185 Å². The third kappa shape index (κ3) is 3.89. The first kappa shape index (κ1) is 20.6. The number of carbonyl (C=O) groups is 1. The summed E-state index contributed by atoms with van der Waals surface area (Å²) in [5, 5.41) is 14.3. The summed E-state index contributed by atoms with van der Waals surface area (Å²) in [6.07, 6.45) is 12.8. The molecular weight excluding hydrogens is 415 g/mol. The van der Waals surface area contributed by atoms with Crippen LogP contribution in [0.25, 0.3) is 5.70 Å². The Morgan fingerprint density at radius 2 is 2.19 bits per heavy atom. The molecule has 0 amide bonds. The number of halogens is 1. The molecule has 0 aromatic carbocycles. The summed E-state index contributed by atoms with van der Waals surface area (Å²) in [5.74, 6) is 0.210. The van der Waals surface area contributed by atoms with E-state index in [1.165, 1.54) is 18.1 Å². The molecule has 3 aliphatic rings. The molecule has 0 bridgehead atoms. The standard InChI is InChI=1S/C22H27FN6OS/c1-2-8-28-24-13-21(26-28)31-27-9-7-17-10-20-16(11-22(17,14-27)15-30)12-25-29(20)19-5-3-18(23)4-6-19/h3,5,12-13,15,17H,2,4,6-11,14H2,1H3. The zero-order valence-electron chi connectivity index (χ0n) is 17.7. The summed E-state index contributed by atoms with van der Waals surface area (Å²) in [7, 11) is 0. The lowest BCUT2D eigenvalue weighted by molar-refractivity contribution is -0.122. The van der Waals surface area contributed by atoms with E-state index in [1.54, 1.807) is 22.9 Å². The second kappa shape index (κ2) is 8.35. The second-order valence-electron chi connectivity index (χ2n) is 8.75. The first-order valence-corrected chi connectivity index (χ1v) is 11.8. The highest BCUT2D eigenvalue weighted by atomic mass is 32.2. The van der Waals surface area contributed by atoms with Crippen LogP contribution in [-0.2, 0) is 24.2 Å². The van der Waals surface area contributed by atoms with Crippen molar-refractivity contribution in [3.63, 3.8) is 0 Å². The molecule has 0 N–H and O–H groups in total. The Hall–Kier alpha value is -2.26. The Morgan fingerprint density at radius 3 is 2.97 bits per heavy atom. The lowest BCUT2D eigenvalue weighted by Gasteiger charge is -2.47. The highest BCUT2D eigenvalue weighted by molar-refractivity contribution is 7.97. The highest BCUT2D eigenvalue weighted by Crippen LogP contribution is 2.46. The molecule has 2 aliphatic carbocycles. The largest absolute Gasteiger partial charge is 0.303 e. The lowest BCUT2D eigenvalue weighted by Crippen LogP contribution is -2.51. The Kier molecular flexibility index (Phi) is 5.56. The van der Waals surface area contributed by atoms with Crippen molar-refractivity contribution >= 4 is 23.9 Å². The van der Waals surface area contributed by atoms with Gasteiger partial charge < -0.3 is 4.79 Å². The molecule has 5 rings (SSSR count). The first-order chi connectivity index (χ1) is 15.1. The van der Waals surface area contributed by atoms with E-state index in [2.05, 4.69) is 26.5 Å². The van der Waals surface area contributed by atoms with Crippen LogP contribution in [0.15, 0.2) is 35.4 Å². The molecule has 164 valence electrons. The molecular formula is C22H27FN6OS. The van der Waals surface area contributed by atoms with Crippen molar-refractivity contribution in [1.29, 1.82) is 0 Å². The molecule has 1 saturated heterocycles. The molecule has 1 aliphatic heterocycles. The first-order valence-electron chi connectivity index (χ1n) is 11.0. The monoisotopic (exact) mass is 442 g/mol. The van der Waals surface area contributed by atoms with Crippen molar-refractivity contribution in [1.82, 2.24) is 29.1 Å². The number of rotatable bonds is 6. The van der Waals surface area contributed by atoms with Crippen LogP contribution in [0.2, 0.25) is 0 Å². The molecule has 2 aromatic rings. The van der Waals surface area contributed by atoms with E-state index in [1.807, 2.05) is 17.0 Å². The number of piperidine rings is 1. The molecule has 9 heteroatoms. The average molecular weight is 443 g/mol. The van der Waals surface area contributed by atoms with Crippen LogP contribution < -0.4 is 0 Å². The van der Waals surface area contributed by atoms with Crippen LogP contribution in [-0.4, -0.2) is 48.5 Å². The highest BCUT2D eigenvalue weighted by Gasteiger charge is 2.48. The summed E-state index contributed by atoms with van der Waals surface area (Å²) in [6, 6.07) is 0. The van der Waals surface area contributed by atoms with Gasteiger partial charge in [-0.3, -0.25) is 0 Å². The summed E-state index contributed by atoms with van der Waals surface area (Å²) >= 11 is 1.60. The van der Waals surface area contributed by atoms with Gasteiger partial charge in [-0.1, -0.05) is 6.92 Å². The van der Waals surface area contributed by atoms with Gasteiger partial charge in [-0.2, -0.15) is 15.0 Å². The molecule has 0 radical (unpaired) electrons. The summed E-state index contributed by atoms with van der Waals surface area (Å²) in [4.78, 5) is 14.1. The van der Waals surface area contributed by atoms with Crippen molar-refractivity contribution in [2.24, 2.45) is 11.3 Å². The van der Waals surface area contributed by atoms with Crippen LogP contribution in [0.5, 0.6) is 0 Å². The molecule has 1 fully saturated rings. The minimum Gasteiger partial charge on any atom is -0.303 e. The van der Waals surface area contributed by atoms with E-state index < -0.39 is 5.41 Å². The number of aryl methyl sites for hydroxylation is 1. The van der Waals surface area contributed by atoms with Gasteiger partial charge in [-0.25, -0.2) is 13.4 Å². The van der Waals surface area contributed by atoms with Crippen LogP contribution in [0.4, 0.5) is 4.39 Å². The minimum atomic E-state index is -0.404. The van der Waals surface area contributed by atoms with Crippen LogP contribution in [0.1, 0.15) is 43.9 Å². The molecule has 7 nitrogen and oxygen atoms in total. The zero-order valence-corrected chi connectivity index (χ0v) is 18.5.